The Kier molecular flexibility index (Phi) is 3.96. The van der Waals surface area contributed by atoms with Crippen LogP contribution in [-0.4, -0.2) is 29.0 Å². The standard InChI is InChI=1S/C10H14ClFN2O2/c1-10(4-15,5-16)14-9-3-7(12)6(11)2-8(9)13/h2-3,14-16H,4-5,13H2,1H3. The number of anilines is 2. The fourth-order valence-corrected chi connectivity index (χ4v) is 1.30. The monoisotopic (exact) mass is 248 g/mol. The van der Waals surface area contributed by atoms with E-state index in [1.54, 1.807) is 6.92 Å². The second-order valence-electron chi connectivity index (χ2n) is 3.86. The van der Waals surface area contributed by atoms with Crippen LogP contribution < -0.4 is 11.1 Å². The van der Waals surface area contributed by atoms with Gasteiger partial charge in [0.1, 0.15) is 5.82 Å². The van der Waals surface area contributed by atoms with E-state index in [4.69, 9.17) is 27.5 Å². The normalized spacial score (nSPS) is 11.6. The molecular weight excluding hydrogens is 235 g/mol. The van der Waals surface area contributed by atoms with Gasteiger partial charge in [0.05, 0.1) is 35.2 Å². The van der Waals surface area contributed by atoms with Crippen molar-refractivity contribution in [3.63, 3.8) is 0 Å². The van der Waals surface area contributed by atoms with Crippen LogP contribution in [0.4, 0.5) is 15.8 Å². The number of rotatable bonds is 4. The summed E-state index contributed by atoms with van der Waals surface area (Å²) < 4.78 is 13.2. The van der Waals surface area contributed by atoms with Gasteiger partial charge in [-0.2, -0.15) is 0 Å². The van der Waals surface area contributed by atoms with Gasteiger partial charge in [-0.3, -0.25) is 0 Å². The number of nitrogen functional groups attached to an aromatic ring is 1. The van der Waals surface area contributed by atoms with Crippen molar-refractivity contribution in [2.45, 2.75) is 12.5 Å². The molecule has 0 fully saturated rings. The van der Waals surface area contributed by atoms with Crippen LogP contribution in [0.25, 0.3) is 0 Å². The van der Waals surface area contributed by atoms with Gasteiger partial charge in [-0.1, -0.05) is 11.6 Å². The van der Waals surface area contributed by atoms with Gasteiger partial charge in [-0.05, 0) is 13.0 Å². The van der Waals surface area contributed by atoms with Crippen molar-refractivity contribution in [3.8, 4) is 0 Å². The number of halogens is 2. The maximum atomic E-state index is 13.2. The molecule has 16 heavy (non-hydrogen) atoms. The lowest BCUT2D eigenvalue weighted by atomic mass is 10.0. The number of hydrogen-bond donors (Lipinski definition) is 4. The Morgan fingerprint density at radius 3 is 2.50 bits per heavy atom. The molecule has 0 saturated heterocycles. The van der Waals surface area contributed by atoms with Gasteiger partial charge in [-0.25, -0.2) is 4.39 Å². The topological polar surface area (TPSA) is 78.5 Å². The molecule has 0 bridgehead atoms. The highest BCUT2D eigenvalue weighted by atomic mass is 35.5. The Bertz CT molecular complexity index is 383. The van der Waals surface area contributed by atoms with Crippen LogP contribution in [0.2, 0.25) is 5.02 Å². The third-order valence-corrected chi connectivity index (χ3v) is 2.52. The predicted octanol–water partition coefficient (Wildman–Crippen LogP) is 1.22. The molecule has 0 saturated carbocycles. The summed E-state index contributed by atoms with van der Waals surface area (Å²) in [5, 5.41) is 20.9. The number of aliphatic hydroxyl groups excluding tert-OH is 2. The van der Waals surface area contributed by atoms with Gasteiger partial charge >= 0.3 is 0 Å². The molecule has 90 valence electrons. The van der Waals surface area contributed by atoms with E-state index in [0.717, 1.165) is 6.07 Å². The van der Waals surface area contributed by atoms with Gasteiger partial charge in [0.2, 0.25) is 0 Å². The van der Waals surface area contributed by atoms with Crippen LogP contribution in [0.1, 0.15) is 6.92 Å². The lowest BCUT2D eigenvalue weighted by Crippen LogP contribution is -2.42. The van der Waals surface area contributed by atoms with Crippen molar-refractivity contribution in [3.05, 3.63) is 23.0 Å². The maximum Gasteiger partial charge on any atom is 0.143 e. The van der Waals surface area contributed by atoms with Crippen LogP contribution in [0.3, 0.4) is 0 Å². The van der Waals surface area contributed by atoms with Crippen LogP contribution in [0, 0.1) is 5.82 Å². The lowest BCUT2D eigenvalue weighted by molar-refractivity contribution is 0.147. The Hall–Kier alpha value is -1.04. The van der Waals surface area contributed by atoms with Crippen molar-refractivity contribution < 1.29 is 14.6 Å². The van der Waals surface area contributed by atoms with E-state index in [-0.39, 0.29) is 29.6 Å². The molecule has 4 nitrogen and oxygen atoms in total. The van der Waals surface area contributed by atoms with E-state index >= 15 is 0 Å². The Morgan fingerprint density at radius 2 is 2.00 bits per heavy atom. The summed E-state index contributed by atoms with van der Waals surface area (Å²) in [5.41, 5.74) is 5.20. The number of nitrogens with two attached hydrogens (primary N) is 1. The highest BCUT2D eigenvalue weighted by molar-refractivity contribution is 6.31. The Balaban J connectivity index is 3.01. The van der Waals surface area contributed by atoms with E-state index in [9.17, 15) is 4.39 Å². The quantitative estimate of drug-likeness (QED) is 0.604. The van der Waals surface area contributed by atoms with Crippen LogP contribution in [0.15, 0.2) is 12.1 Å². The Labute approximate surface area is 97.8 Å². The molecule has 6 heteroatoms. The molecule has 0 unspecified atom stereocenters. The molecule has 5 N–H and O–H groups in total. The second kappa shape index (κ2) is 4.86. The SMILES string of the molecule is CC(CO)(CO)Nc1cc(F)c(Cl)cc1N. The van der Waals surface area contributed by atoms with Gasteiger partial charge < -0.3 is 21.3 Å². The molecule has 0 aromatic heterocycles. The summed E-state index contributed by atoms with van der Waals surface area (Å²) in [7, 11) is 0. The van der Waals surface area contributed by atoms with Crippen LogP contribution in [-0.2, 0) is 0 Å². The van der Waals surface area contributed by atoms with Crippen molar-refractivity contribution in [2.75, 3.05) is 24.3 Å². The molecule has 0 aliphatic heterocycles. The molecule has 0 atom stereocenters. The molecule has 0 radical (unpaired) electrons. The summed E-state index contributed by atoms with van der Waals surface area (Å²) in [6, 6.07) is 2.40. The van der Waals surface area contributed by atoms with Crippen LogP contribution >= 0.6 is 11.6 Å². The number of hydrogen-bond acceptors (Lipinski definition) is 4. The van der Waals surface area contributed by atoms with Crippen LogP contribution in [0.5, 0.6) is 0 Å². The molecular formula is C10H14ClFN2O2. The predicted molar refractivity (Wildman–Crippen MR) is 62.0 cm³/mol. The summed E-state index contributed by atoms with van der Waals surface area (Å²) in [6.07, 6.45) is 0. The zero-order chi connectivity index (χ0) is 12.3. The minimum atomic E-state index is -0.964. The summed E-state index contributed by atoms with van der Waals surface area (Å²) in [5.74, 6) is -0.614. The number of aliphatic hydroxyl groups is 2. The van der Waals surface area contributed by atoms with Crippen molar-refractivity contribution >= 4 is 23.0 Å². The lowest BCUT2D eigenvalue weighted by Gasteiger charge is -2.28. The average molecular weight is 249 g/mol. The Morgan fingerprint density at radius 1 is 1.44 bits per heavy atom. The molecule has 0 amide bonds. The molecule has 1 rings (SSSR count). The first-order chi connectivity index (χ1) is 7.41. The minimum Gasteiger partial charge on any atom is -0.397 e. The highest BCUT2D eigenvalue weighted by Gasteiger charge is 2.23. The molecule has 1 aromatic carbocycles. The third kappa shape index (κ3) is 2.75. The maximum absolute atomic E-state index is 13.2. The van der Waals surface area contributed by atoms with Gasteiger partial charge in [0.25, 0.3) is 0 Å². The summed E-state index contributed by atoms with van der Waals surface area (Å²) >= 11 is 5.54. The second-order valence-corrected chi connectivity index (χ2v) is 4.26. The fourth-order valence-electron chi connectivity index (χ4n) is 1.12. The highest BCUT2D eigenvalue weighted by Crippen LogP contribution is 2.28. The zero-order valence-corrected chi connectivity index (χ0v) is 9.55. The van der Waals surface area contributed by atoms with Crippen molar-refractivity contribution in [1.82, 2.24) is 0 Å². The summed E-state index contributed by atoms with van der Waals surface area (Å²) in [6.45, 7) is 0.958. The van der Waals surface area contributed by atoms with Gasteiger partial charge in [-0.15, -0.1) is 0 Å². The first-order valence-electron chi connectivity index (χ1n) is 4.66. The van der Waals surface area contributed by atoms with E-state index < -0.39 is 11.4 Å². The summed E-state index contributed by atoms with van der Waals surface area (Å²) in [4.78, 5) is 0. The molecule has 0 heterocycles. The van der Waals surface area contributed by atoms with Crippen molar-refractivity contribution in [2.24, 2.45) is 0 Å². The van der Waals surface area contributed by atoms with E-state index in [0.29, 0.717) is 0 Å². The molecule has 0 aliphatic rings. The first-order valence-corrected chi connectivity index (χ1v) is 5.04. The largest absolute Gasteiger partial charge is 0.397 e. The fraction of sp³-hybridized carbons (Fsp3) is 0.400. The van der Waals surface area contributed by atoms with E-state index in [2.05, 4.69) is 5.32 Å². The van der Waals surface area contributed by atoms with Gasteiger partial charge in [0, 0.05) is 6.07 Å². The smallest absolute Gasteiger partial charge is 0.143 e. The molecule has 0 spiro atoms. The van der Waals surface area contributed by atoms with Gasteiger partial charge in [0.15, 0.2) is 0 Å². The molecule has 1 aromatic rings. The van der Waals surface area contributed by atoms with Crippen molar-refractivity contribution in [1.29, 1.82) is 0 Å². The molecule has 0 aliphatic carbocycles. The number of benzene rings is 1. The number of nitrogens with one attached hydrogen (secondary N) is 1. The zero-order valence-electron chi connectivity index (χ0n) is 8.80. The van der Waals surface area contributed by atoms with E-state index in [1.807, 2.05) is 0 Å². The first kappa shape index (κ1) is 13.0. The van der Waals surface area contributed by atoms with E-state index in [1.165, 1.54) is 6.07 Å². The third-order valence-electron chi connectivity index (χ3n) is 2.23. The minimum absolute atomic E-state index is 0.0715. The average Bonchev–Trinajstić information content (AvgIpc) is 2.25.